The Kier molecular flexibility index (Phi) is 4.41. The zero-order valence-electron chi connectivity index (χ0n) is 11.8. The monoisotopic (exact) mass is 269 g/mol. The fourth-order valence-electron chi connectivity index (χ4n) is 2.22. The summed E-state index contributed by atoms with van der Waals surface area (Å²) in [5.74, 6) is -0.522. The van der Waals surface area contributed by atoms with Crippen LogP contribution in [0.4, 0.5) is 5.69 Å². The van der Waals surface area contributed by atoms with Crippen LogP contribution in [-0.2, 0) is 0 Å². The van der Waals surface area contributed by atoms with Gasteiger partial charge in [-0.1, -0.05) is 43.3 Å². The van der Waals surface area contributed by atoms with Crippen LogP contribution < -0.4 is 5.32 Å². The van der Waals surface area contributed by atoms with Gasteiger partial charge in [0.05, 0.1) is 5.56 Å². The lowest BCUT2D eigenvalue weighted by molar-refractivity contribution is 0.0696. The summed E-state index contributed by atoms with van der Waals surface area (Å²) >= 11 is 0. The number of rotatable bonds is 5. The molecule has 2 N–H and O–H groups in total. The molecule has 20 heavy (non-hydrogen) atoms. The fourth-order valence-corrected chi connectivity index (χ4v) is 2.22. The number of carbonyl (C=O) groups is 1. The van der Waals surface area contributed by atoms with Crippen molar-refractivity contribution in [2.45, 2.75) is 19.8 Å². The first-order chi connectivity index (χ1) is 9.59. The molecule has 0 aliphatic carbocycles. The molecule has 0 aliphatic heterocycles. The number of nitrogens with one attached hydrogen (secondary N) is 1. The average molecular weight is 269 g/mol. The van der Waals surface area contributed by atoms with Gasteiger partial charge < -0.3 is 10.4 Å². The maximum Gasteiger partial charge on any atom is 0.336 e. The van der Waals surface area contributed by atoms with Gasteiger partial charge in [0.25, 0.3) is 0 Å². The second kappa shape index (κ2) is 6.24. The minimum Gasteiger partial charge on any atom is -0.478 e. The first-order valence-electron chi connectivity index (χ1n) is 6.71. The number of hydrogen-bond acceptors (Lipinski definition) is 2. The van der Waals surface area contributed by atoms with E-state index in [1.807, 2.05) is 31.2 Å². The maximum absolute atomic E-state index is 11.1. The topological polar surface area (TPSA) is 49.3 Å². The van der Waals surface area contributed by atoms with E-state index in [0.29, 0.717) is 11.5 Å². The Bertz CT molecular complexity index is 593. The summed E-state index contributed by atoms with van der Waals surface area (Å²) in [6.45, 7) is 4.76. The highest BCUT2D eigenvalue weighted by Crippen LogP contribution is 2.21. The molecule has 0 saturated carbocycles. The number of hydrogen-bond donors (Lipinski definition) is 2. The van der Waals surface area contributed by atoms with E-state index in [1.54, 1.807) is 12.1 Å². The third-order valence-corrected chi connectivity index (χ3v) is 3.53. The normalized spacial score (nSPS) is 11.9. The van der Waals surface area contributed by atoms with Crippen molar-refractivity contribution in [2.75, 3.05) is 11.9 Å². The van der Waals surface area contributed by atoms with Gasteiger partial charge in [0.1, 0.15) is 0 Å². The Hall–Kier alpha value is -2.29. The number of aromatic carboxylic acids is 1. The van der Waals surface area contributed by atoms with Crippen LogP contribution in [-0.4, -0.2) is 17.6 Å². The minimum absolute atomic E-state index is 0.349. The van der Waals surface area contributed by atoms with Crippen molar-refractivity contribution < 1.29 is 9.90 Å². The number of benzene rings is 2. The van der Waals surface area contributed by atoms with E-state index in [0.717, 1.165) is 17.8 Å². The molecule has 0 fully saturated rings. The third-order valence-electron chi connectivity index (χ3n) is 3.53. The Morgan fingerprint density at radius 3 is 2.50 bits per heavy atom. The highest BCUT2D eigenvalue weighted by atomic mass is 16.4. The summed E-state index contributed by atoms with van der Waals surface area (Å²) in [5.41, 5.74) is 3.28. The molecule has 0 saturated heterocycles. The van der Waals surface area contributed by atoms with Crippen molar-refractivity contribution in [2.24, 2.45) is 0 Å². The predicted molar refractivity (Wildman–Crippen MR) is 81.5 cm³/mol. The Morgan fingerprint density at radius 1 is 1.15 bits per heavy atom. The van der Waals surface area contributed by atoms with Crippen molar-refractivity contribution in [3.05, 3.63) is 65.2 Å². The van der Waals surface area contributed by atoms with Crippen molar-refractivity contribution in [1.29, 1.82) is 0 Å². The van der Waals surface area contributed by atoms with Crippen LogP contribution >= 0.6 is 0 Å². The zero-order chi connectivity index (χ0) is 14.5. The molecule has 0 aromatic heterocycles. The Balaban J connectivity index is 2.08. The molecule has 3 heteroatoms. The maximum atomic E-state index is 11.1. The van der Waals surface area contributed by atoms with Crippen LogP contribution in [0.25, 0.3) is 0 Å². The van der Waals surface area contributed by atoms with Crippen LogP contribution in [0.2, 0.25) is 0 Å². The number of anilines is 1. The Morgan fingerprint density at radius 2 is 1.85 bits per heavy atom. The standard InChI is InChI=1S/C17H19NO2/c1-12(14-7-4-3-5-8-14)11-18-16-10-6-9-15(13(16)2)17(19)20/h3-10,12,18H,11H2,1-2H3,(H,19,20). The van der Waals surface area contributed by atoms with Crippen molar-refractivity contribution in [1.82, 2.24) is 0 Å². The zero-order valence-corrected chi connectivity index (χ0v) is 11.8. The lowest BCUT2D eigenvalue weighted by Gasteiger charge is -2.16. The van der Waals surface area contributed by atoms with E-state index >= 15 is 0 Å². The second-order valence-electron chi connectivity index (χ2n) is 4.98. The van der Waals surface area contributed by atoms with Crippen molar-refractivity contribution in [3.63, 3.8) is 0 Å². The smallest absolute Gasteiger partial charge is 0.336 e. The van der Waals surface area contributed by atoms with E-state index in [9.17, 15) is 4.79 Å². The predicted octanol–water partition coefficient (Wildman–Crippen LogP) is 3.91. The molecule has 0 radical (unpaired) electrons. The molecule has 2 aromatic rings. The van der Waals surface area contributed by atoms with Gasteiger partial charge in [-0.25, -0.2) is 4.79 Å². The van der Waals surface area contributed by atoms with E-state index in [2.05, 4.69) is 24.4 Å². The van der Waals surface area contributed by atoms with Crippen LogP contribution in [0.5, 0.6) is 0 Å². The quantitative estimate of drug-likeness (QED) is 0.865. The molecule has 1 atom stereocenters. The third kappa shape index (κ3) is 3.18. The van der Waals surface area contributed by atoms with Gasteiger partial charge in [0.15, 0.2) is 0 Å². The van der Waals surface area contributed by atoms with E-state index in [1.165, 1.54) is 5.56 Å². The molecular formula is C17H19NO2. The van der Waals surface area contributed by atoms with Crippen LogP contribution in [0, 0.1) is 6.92 Å². The lowest BCUT2D eigenvalue weighted by atomic mass is 10.0. The largest absolute Gasteiger partial charge is 0.478 e. The first kappa shape index (κ1) is 14.1. The molecule has 2 aromatic carbocycles. The van der Waals surface area contributed by atoms with Gasteiger partial charge in [-0.3, -0.25) is 0 Å². The summed E-state index contributed by atoms with van der Waals surface area (Å²) in [6, 6.07) is 15.6. The molecule has 1 unspecified atom stereocenters. The fraction of sp³-hybridized carbons (Fsp3) is 0.235. The van der Waals surface area contributed by atoms with Crippen molar-refractivity contribution >= 4 is 11.7 Å². The van der Waals surface area contributed by atoms with E-state index < -0.39 is 5.97 Å². The molecule has 0 aliphatic rings. The summed E-state index contributed by atoms with van der Waals surface area (Å²) in [7, 11) is 0. The summed E-state index contributed by atoms with van der Waals surface area (Å²) in [4.78, 5) is 11.1. The van der Waals surface area contributed by atoms with Gasteiger partial charge in [-0.15, -0.1) is 0 Å². The van der Waals surface area contributed by atoms with E-state index in [4.69, 9.17) is 5.11 Å². The average Bonchev–Trinajstić information content (AvgIpc) is 2.46. The Labute approximate surface area is 119 Å². The first-order valence-corrected chi connectivity index (χ1v) is 6.71. The SMILES string of the molecule is Cc1c(NCC(C)c2ccccc2)cccc1C(=O)O. The van der Waals surface area contributed by atoms with Crippen LogP contribution in [0.3, 0.4) is 0 Å². The lowest BCUT2D eigenvalue weighted by Crippen LogP contribution is -2.12. The molecule has 0 bridgehead atoms. The molecule has 0 spiro atoms. The second-order valence-corrected chi connectivity index (χ2v) is 4.98. The van der Waals surface area contributed by atoms with Gasteiger partial charge in [0, 0.05) is 12.2 Å². The minimum atomic E-state index is -0.887. The van der Waals surface area contributed by atoms with Crippen LogP contribution in [0.1, 0.15) is 34.3 Å². The molecule has 2 rings (SSSR count). The molecule has 104 valence electrons. The van der Waals surface area contributed by atoms with Gasteiger partial charge in [0.2, 0.25) is 0 Å². The number of carboxylic acids is 1. The van der Waals surface area contributed by atoms with Crippen molar-refractivity contribution in [3.8, 4) is 0 Å². The number of carboxylic acid groups (broad SMARTS) is 1. The van der Waals surface area contributed by atoms with E-state index in [-0.39, 0.29) is 0 Å². The molecular weight excluding hydrogens is 250 g/mol. The van der Waals surface area contributed by atoms with Gasteiger partial charge in [-0.2, -0.15) is 0 Å². The molecule has 3 nitrogen and oxygen atoms in total. The van der Waals surface area contributed by atoms with Crippen LogP contribution in [0.15, 0.2) is 48.5 Å². The van der Waals surface area contributed by atoms with Gasteiger partial charge in [-0.05, 0) is 36.1 Å². The van der Waals surface area contributed by atoms with Gasteiger partial charge >= 0.3 is 5.97 Å². The highest BCUT2D eigenvalue weighted by molar-refractivity contribution is 5.91. The summed E-state index contributed by atoms with van der Waals surface area (Å²) in [6.07, 6.45) is 0. The molecule has 0 heterocycles. The summed E-state index contributed by atoms with van der Waals surface area (Å²) < 4.78 is 0. The highest BCUT2D eigenvalue weighted by Gasteiger charge is 2.11. The summed E-state index contributed by atoms with van der Waals surface area (Å²) in [5, 5.41) is 12.5. The molecule has 0 amide bonds.